The maximum atomic E-state index is 10.6. The van der Waals surface area contributed by atoms with Crippen molar-refractivity contribution in [1.29, 1.82) is 0 Å². The molecule has 0 saturated heterocycles. The van der Waals surface area contributed by atoms with Crippen LogP contribution in [-0.4, -0.2) is 26.0 Å². The lowest BCUT2D eigenvalue weighted by Gasteiger charge is -1.97. The number of carboxylic acid groups (broad SMARTS) is 1. The SMILES string of the molecule is Cc1nccnc1-c1csc(C(=O)O)n1. The first kappa shape index (κ1) is 9.72. The molecule has 0 fully saturated rings. The molecule has 0 spiro atoms. The van der Waals surface area contributed by atoms with Crippen LogP contribution in [0.1, 0.15) is 15.5 Å². The highest BCUT2D eigenvalue weighted by molar-refractivity contribution is 7.11. The highest BCUT2D eigenvalue weighted by atomic mass is 32.1. The van der Waals surface area contributed by atoms with E-state index in [2.05, 4.69) is 15.0 Å². The minimum atomic E-state index is -1.02. The fourth-order valence-electron chi connectivity index (χ4n) is 1.14. The van der Waals surface area contributed by atoms with Gasteiger partial charge in [-0.2, -0.15) is 0 Å². The van der Waals surface area contributed by atoms with Crippen molar-refractivity contribution in [2.24, 2.45) is 0 Å². The molecule has 76 valence electrons. The topological polar surface area (TPSA) is 76.0 Å². The monoisotopic (exact) mass is 221 g/mol. The Balaban J connectivity index is 2.46. The Bertz CT molecular complexity index is 510. The van der Waals surface area contributed by atoms with Crippen molar-refractivity contribution in [2.45, 2.75) is 6.92 Å². The van der Waals surface area contributed by atoms with Crippen LogP contribution in [-0.2, 0) is 0 Å². The molecule has 0 aliphatic carbocycles. The Morgan fingerprint density at radius 1 is 1.40 bits per heavy atom. The van der Waals surface area contributed by atoms with Crippen LogP contribution >= 0.6 is 11.3 Å². The fourth-order valence-corrected chi connectivity index (χ4v) is 1.78. The molecular weight excluding hydrogens is 214 g/mol. The smallest absolute Gasteiger partial charge is 0.365 e. The summed E-state index contributed by atoms with van der Waals surface area (Å²) in [6.45, 7) is 1.81. The molecule has 0 aliphatic rings. The first-order valence-corrected chi connectivity index (χ1v) is 5.03. The minimum absolute atomic E-state index is 0.0649. The van der Waals surface area contributed by atoms with Gasteiger partial charge in [0.1, 0.15) is 11.4 Å². The van der Waals surface area contributed by atoms with Gasteiger partial charge in [0.25, 0.3) is 0 Å². The first-order valence-electron chi connectivity index (χ1n) is 4.15. The van der Waals surface area contributed by atoms with Crippen molar-refractivity contribution >= 4 is 17.3 Å². The molecule has 2 heterocycles. The van der Waals surface area contributed by atoms with E-state index in [9.17, 15) is 4.79 Å². The summed E-state index contributed by atoms with van der Waals surface area (Å²) >= 11 is 1.08. The Hall–Kier alpha value is -1.82. The molecule has 1 N–H and O–H groups in total. The van der Waals surface area contributed by atoms with Crippen molar-refractivity contribution in [3.8, 4) is 11.4 Å². The molecular formula is C9H7N3O2S. The standard InChI is InChI=1S/C9H7N3O2S/c1-5-7(11-3-2-10-5)6-4-15-8(12-6)9(13)14/h2-4H,1H3,(H,13,14). The summed E-state index contributed by atoms with van der Waals surface area (Å²) in [6.07, 6.45) is 3.14. The Morgan fingerprint density at radius 3 is 2.73 bits per heavy atom. The molecule has 15 heavy (non-hydrogen) atoms. The van der Waals surface area contributed by atoms with Gasteiger partial charge in [0.15, 0.2) is 0 Å². The lowest BCUT2D eigenvalue weighted by atomic mass is 10.3. The zero-order valence-electron chi connectivity index (χ0n) is 7.84. The molecule has 0 aliphatic heterocycles. The van der Waals surface area contributed by atoms with Gasteiger partial charge in [-0.25, -0.2) is 9.78 Å². The van der Waals surface area contributed by atoms with Gasteiger partial charge in [-0.3, -0.25) is 9.97 Å². The maximum Gasteiger partial charge on any atom is 0.365 e. The number of carboxylic acids is 1. The van der Waals surface area contributed by atoms with E-state index in [1.54, 1.807) is 17.8 Å². The van der Waals surface area contributed by atoms with Crippen molar-refractivity contribution in [3.05, 3.63) is 28.5 Å². The number of aromatic carboxylic acids is 1. The van der Waals surface area contributed by atoms with Crippen molar-refractivity contribution in [2.75, 3.05) is 0 Å². The van der Waals surface area contributed by atoms with Crippen LogP contribution in [0.25, 0.3) is 11.4 Å². The summed E-state index contributed by atoms with van der Waals surface area (Å²) < 4.78 is 0. The molecule has 2 aromatic heterocycles. The largest absolute Gasteiger partial charge is 0.476 e. The summed E-state index contributed by atoms with van der Waals surface area (Å²) in [4.78, 5) is 22.8. The predicted molar refractivity (Wildman–Crippen MR) is 54.8 cm³/mol. The second-order valence-electron chi connectivity index (χ2n) is 2.83. The molecule has 0 amide bonds. The van der Waals surface area contributed by atoms with Gasteiger partial charge in [-0.15, -0.1) is 11.3 Å². The fraction of sp³-hybridized carbons (Fsp3) is 0.111. The molecule has 5 nitrogen and oxygen atoms in total. The van der Waals surface area contributed by atoms with Crippen LogP contribution in [0, 0.1) is 6.92 Å². The lowest BCUT2D eigenvalue weighted by molar-refractivity contribution is 0.0696. The number of nitrogens with zero attached hydrogens (tertiary/aromatic N) is 3. The Morgan fingerprint density at radius 2 is 2.13 bits per heavy atom. The predicted octanol–water partition coefficient (Wildman–Crippen LogP) is 1.61. The van der Waals surface area contributed by atoms with Gasteiger partial charge in [-0.05, 0) is 6.92 Å². The van der Waals surface area contributed by atoms with Gasteiger partial charge in [0.05, 0.1) is 5.69 Å². The van der Waals surface area contributed by atoms with E-state index in [-0.39, 0.29) is 5.01 Å². The van der Waals surface area contributed by atoms with E-state index >= 15 is 0 Å². The van der Waals surface area contributed by atoms with Crippen molar-refractivity contribution in [1.82, 2.24) is 15.0 Å². The highest BCUT2D eigenvalue weighted by Crippen LogP contribution is 2.21. The molecule has 0 radical (unpaired) electrons. The molecule has 0 saturated carbocycles. The Labute approximate surface area is 89.5 Å². The third kappa shape index (κ3) is 1.84. The quantitative estimate of drug-likeness (QED) is 0.833. The average molecular weight is 221 g/mol. The average Bonchev–Trinajstić information content (AvgIpc) is 2.67. The van der Waals surface area contributed by atoms with E-state index in [4.69, 9.17) is 5.11 Å². The summed E-state index contributed by atoms with van der Waals surface area (Å²) in [5, 5.41) is 10.5. The molecule has 2 aromatic rings. The zero-order chi connectivity index (χ0) is 10.8. The van der Waals surface area contributed by atoms with E-state index < -0.39 is 5.97 Å². The molecule has 6 heteroatoms. The number of thiazole rings is 1. The van der Waals surface area contributed by atoms with Crippen LogP contribution in [0.5, 0.6) is 0 Å². The number of carbonyl (C=O) groups is 1. The molecule has 0 unspecified atom stereocenters. The number of hydrogen-bond donors (Lipinski definition) is 1. The van der Waals surface area contributed by atoms with E-state index in [0.29, 0.717) is 11.4 Å². The Kier molecular flexibility index (Phi) is 2.42. The number of hydrogen-bond acceptors (Lipinski definition) is 5. The van der Waals surface area contributed by atoms with Gasteiger partial charge in [0, 0.05) is 17.8 Å². The second-order valence-corrected chi connectivity index (χ2v) is 3.69. The molecule has 2 rings (SSSR count). The third-order valence-electron chi connectivity index (χ3n) is 1.81. The highest BCUT2D eigenvalue weighted by Gasteiger charge is 2.12. The van der Waals surface area contributed by atoms with Crippen LogP contribution in [0.3, 0.4) is 0 Å². The van der Waals surface area contributed by atoms with Gasteiger partial charge >= 0.3 is 5.97 Å². The summed E-state index contributed by atoms with van der Waals surface area (Å²) in [7, 11) is 0. The number of rotatable bonds is 2. The van der Waals surface area contributed by atoms with E-state index in [1.165, 1.54) is 0 Å². The first-order chi connectivity index (χ1) is 7.18. The lowest BCUT2D eigenvalue weighted by Crippen LogP contribution is -1.96. The van der Waals surface area contributed by atoms with E-state index in [0.717, 1.165) is 17.0 Å². The maximum absolute atomic E-state index is 10.6. The van der Waals surface area contributed by atoms with Gasteiger partial charge in [-0.1, -0.05) is 0 Å². The van der Waals surface area contributed by atoms with Gasteiger partial charge in [0.2, 0.25) is 5.01 Å². The van der Waals surface area contributed by atoms with Gasteiger partial charge < -0.3 is 5.11 Å². The van der Waals surface area contributed by atoms with E-state index in [1.807, 2.05) is 6.92 Å². The molecule has 0 bridgehead atoms. The van der Waals surface area contributed by atoms with Crippen LogP contribution in [0.2, 0.25) is 0 Å². The van der Waals surface area contributed by atoms with Crippen molar-refractivity contribution in [3.63, 3.8) is 0 Å². The van der Waals surface area contributed by atoms with Crippen LogP contribution in [0.15, 0.2) is 17.8 Å². The second kappa shape index (κ2) is 3.74. The molecule has 0 aromatic carbocycles. The summed E-state index contributed by atoms with van der Waals surface area (Å²) in [5.41, 5.74) is 1.92. The minimum Gasteiger partial charge on any atom is -0.476 e. The summed E-state index contributed by atoms with van der Waals surface area (Å²) in [5.74, 6) is -1.02. The normalized spacial score (nSPS) is 10.2. The number of aryl methyl sites for hydroxylation is 1. The van der Waals surface area contributed by atoms with Crippen molar-refractivity contribution < 1.29 is 9.90 Å². The molecule has 0 atom stereocenters. The zero-order valence-corrected chi connectivity index (χ0v) is 8.65. The third-order valence-corrected chi connectivity index (χ3v) is 2.64. The summed E-state index contributed by atoms with van der Waals surface area (Å²) in [6, 6.07) is 0. The number of aromatic nitrogens is 3. The van der Waals surface area contributed by atoms with Crippen LogP contribution < -0.4 is 0 Å². The van der Waals surface area contributed by atoms with Crippen LogP contribution in [0.4, 0.5) is 0 Å².